The summed E-state index contributed by atoms with van der Waals surface area (Å²) >= 11 is 1.52. The first-order chi connectivity index (χ1) is 13.1. The summed E-state index contributed by atoms with van der Waals surface area (Å²) < 4.78 is 10.5. The maximum Gasteiger partial charge on any atom is 0.246 e. The van der Waals surface area contributed by atoms with Gasteiger partial charge in [0.25, 0.3) is 0 Å². The minimum atomic E-state index is -0.210. The summed E-state index contributed by atoms with van der Waals surface area (Å²) in [5.74, 6) is 1.58. The number of rotatable bonds is 7. The summed E-state index contributed by atoms with van der Waals surface area (Å²) in [7, 11) is 3.34. The van der Waals surface area contributed by atoms with Gasteiger partial charge in [-0.25, -0.2) is 0 Å². The Labute approximate surface area is 162 Å². The minimum Gasteiger partial charge on any atom is -0.497 e. The fraction of sp³-hybridized carbons (Fsp3) is 0.250. The number of amides is 1. The van der Waals surface area contributed by atoms with Crippen molar-refractivity contribution in [1.82, 2.24) is 15.0 Å². The summed E-state index contributed by atoms with van der Waals surface area (Å²) in [4.78, 5) is 19.7. The van der Waals surface area contributed by atoms with E-state index >= 15 is 0 Å². The molecule has 1 aromatic heterocycles. The lowest BCUT2D eigenvalue weighted by atomic mass is 10.2. The molecule has 6 nitrogen and oxygen atoms in total. The molecule has 0 spiro atoms. The quantitative estimate of drug-likeness (QED) is 0.577. The molecule has 1 unspecified atom stereocenters. The minimum absolute atomic E-state index is 0.00461. The normalized spacial score (nSPS) is 11.8. The molecule has 0 aliphatic heterocycles. The lowest BCUT2D eigenvalue weighted by Gasteiger charge is -2.19. The molecule has 1 atom stereocenters. The van der Waals surface area contributed by atoms with E-state index in [9.17, 15) is 4.79 Å². The Morgan fingerprint density at radius 1 is 1.22 bits per heavy atom. The maximum absolute atomic E-state index is 12.6. The molecular formula is C20H21N3O3S. The van der Waals surface area contributed by atoms with Gasteiger partial charge in [-0.05, 0) is 31.2 Å². The van der Waals surface area contributed by atoms with E-state index in [0.717, 1.165) is 16.2 Å². The molecule has 3 rings (SSSR count). The molecule has 7 heteroatoms. The van der Waals surface area contributed by atoms with Gasteiger partial charge in [-0.1, -0.05) is 35.5 Å². The smallest absolute Gasteiger partial charge is 0.246 e. The van der Waals surface area contributed by atoms with E-state index in [4.69, 9.17) is 9.26 Å². The molecule has 0 aliphatic rings. The third kappa shape index (κ3) is 4.89. The van der Waals surface area contributed by atoms with E-state index < -0.39 is 0 Å². The van der Waals surface area contributed by atoms with Crippen LogP contribution in [0.15, 0.2) is 64.0 Å². The molecule has 140 valence electrons. The van der Waals surface area contributed by atoms with Crippen LogP contribution in [0, 0.1) is 0 Å². The van der Waals surface area contributed by atoms with Crippen molar-refractivity contribution < 1.29 is 14.1 Å². The van der Waals surface area contributed by atoms with Crippen LogP contribution in [0.1, 0.15) is 12.8 Å². The van der Waals surface area contributed by atoms with Gasteiger partial charge in [-0.3, -0.25) is 4.79 Å². The number of hydrogen-bond donors (Lipinski definition) is 0. The molecule has 0 fully saturated rings. The zero-order chi connectivity index (χ0) is 19.2. The Morgan fingerprint density at radius 3 is 2.74 bits per heavy atom. The van der Waals surface area contributed by atoms with Crippen molar-refractivity contribution in [2.24, 2.45) is 0 Å². The molecule has 0 aliphatic carbocycles. The van der Waals surface area contributed by atoms with Gasteiger partial charge in [0.1, 0.15) is 5.75 Å². The predicted octanol–water partition coefficient (Wildman–Crippen LogP) is 3.88. The van der Waals surface area contributed by atoms with Crippen LogP contribution in [-0.4, -0.2) is 40.4 Å². The summed E-state index contributed by atoms with van der Waals surface area (Å²) in [5.41, 5.74) is 0.798. The highest BCUT2D eigenvalue weighted by molar-refractivity contribution is 8.00. The molecule has 1 amide bonds. The third-order valence-electron chi connectivity index (χ3n) is 3.95. The molecule has 0 N–H and O–H groups in total. The van der Waals surface area contributed by atoms with Crippen LogP contribution in [0.5, 0.6) is 5.75 Å². The SMILES string of the molecule is COc1cccc(-c2noc(CN(C)C(=O)C(C)Sc3ccccc3)n2)c1. The third-order valence-corrected chi connectivity index (χ3v) is 5.05. The van der Waals surface area contributed by atoms with Crippen molar-refractivity contribution in [2.45, 2.75) is 23.6 Å². The first-order valence-electron chi connectivity index (χ1n) is 8.50. The molecule has 0 saturated heterocycles. The fourth-order valence-electron chi connectivity index (χ4n) is 2.54. The Hall–Kier alpha value is -2.80. The first-order valence-corrected chi connectivity index (χ1v) is 9.38. The molecule has 2 aromatic carbocycles. The second-order valence-corrected chi connectivity index (χ2v) is 7.43. The number of benzene rings is 2. The summed E-state index contributed by atoms with van der Waals surface area (Å²) in [6, 6.07) is 17.3. The van der Waals surface area contributed by atoms with Gasteiger partial charge in [0.2, 0.25) is 17.6 Å². The standard InChI is InChI=1S/C20H21N3O3S/c1-14(27-17-10-5-4-6-11-17)20(24)23(2)13-18-21-19(22-26-18)15-8-7-9-16(12-15)25-3/h4-12,14H,13H2,1-3H3. The van der Waals surface area contributed by atoms with Gasteiger partial charge in [0.15, 0.2) is 0 Å². The number of methoxy groups -OCH3 is 1. The molecule has 27 heavy (non-hydrogen) atoms. The Morgan fingerprint density at radius 2 is 2.00 bits per heavy atom. The van der Waals surface area contributed by atoms with Crippen molar-refractivity contribution in [3.8, 4) is 17.1 Å². The largest absolute Gasteiger partial charge is 0.497 e. The van der Waals surface area contributed by atoms with E-state index in [0.29, 0.717) is 11.7 Å². The van der Waals surface area contributed by atoms with Crippen molar-refractivity contribution in [3.63, 3.8) is 0 Å². The van der Waals surface area contributed by atoms with Crippen LogP contribution in [0.3, 0.4) is 0 Å². The van der Waals surface area contributed by atoms with Crippen LogP contribution in [0.2, 0.25) is 0 Å². The van der Waals surface area contributed by atoms with E-state index in [-0.39, 0.29) is 17.7 Å². The summed E-state index contributed by atoms with van der Waals surface area (Å²) in [5, 5.41) is 3.79. The van der Waals surface area contributed by atoms with Gasteiger partial charge in [0.05, 0.1) is 18.9 Å². The second-order valence-electron chi connectivity index (χ2n) is 6.01. The number of ether oxygens (including phenoxy) is 1. The van der Waals surface area contributed by atoms with Gasteiger partial charge in [-0.2, -0.15) is 4.98 Å². The van der Waals surface area contributed by atoms with E-state index in [1.807, 2.05) is 61.5 Å². The number of carbonyl (C=O) groups is 1. The van der Waals surface area contributed by atoms with Crippen LogP contribution in [0.25, 0.3) is 11.4 Å². The molecule has 0 saturated carbocycles. The molecule has 0 radical (unpaired) electrons. The van der Waals surface area contributed by atoms with Crippen molar-refractivity contribution in [1.29, 1.82) is 0 Å². The number of nitrogens with zero attached hydrogens (tertiary/aromatic N) is 3. The van der Waals surface area contributed by atoms with Crippen molar-refractivity contribution >= 4 is 17.7 Å². The monoisotopic (exact) mass is 383 g/mol. The average molecular weight is 383 g/mol. The topological polar surface area (TPSA) is 68.5 Å². The Bertz CT molecular complexity index is 898. The predicted molar refractivity (Wildman–Crippen MR) is 105 cm³/mol. The Kier molecular flexibility index (Phi) is 6.13. The second kappa shape index (κ2) is 8.73. The van der Waals surface area contributed by atoms with Crippen LogP contribution in [-0.2, 0) is 11.3 Å². The van der Waals surface area contributed by atoms with Gasteiger partial charge >= 0.3 is 0 Å². The molecule has 0 bridgehead atoms. The number of hydrogen-bond acceptors (Lipinski definition) is 6. The van der Waals surface area contributed by atoms with Crippen molar-refractivity contribution in [2.75, 3.05) is 14.2 Å². The van der Waals surface area contributed by atoms with Crippen molar-refractivity contribution in [3.05, 3.63) is 60.5 Å². The van der Waals surface area contributed by atoms with Crippen LogP contribution in [0.4, 0.5) is 0 Å². The van der Waals surface area contributed by atoms with E-state index in [1.54, 1.807) is 19.1 Å². The van der Waals surface area contributed by atoms with Crippen LogP contribution >= 0.6 is 11.8 Å². The zero-order valence-corrected chi connectivity index (χ0v) is 16.3. The van der Waals surface area contributed by atoms with E-state index in [2.05, 4.69) is 10.1 Å². The first kappa shape index (κ1) is 19.0. The van der Waals surface area contributed by atoms with Crippen LogP contribution < -0.4 is 4.74 Å². The lowest BCUT2D eigenvalue weighted by molar-refractivity contribution is -0.129. The maximum atomic E-state index is 12.6. The average Bonchev–Trinajstić information content (AvgIpc) is 3.16. The highest BCUT2D eigenvalue weighted by Gasteiger charge is 2.21. The van der Waals surface area contributed by atoms with Gasteiger partial charge < -0.3 is 14.2 Å². The molecule has 1 heterocycles. The van der Waals surface area contributed by atoms with Gasteiger partial charge in [-0.15, -0.1) is 11.8 Å². The van der Waals surface area contributed by atoms with Gasteiger partial charge in [0, 0.05) is 17.5 Å². The number of carbonyl (C=O) groups excluding carboxylic acids is 1. The number of aromatic nitrogens is 2. The zero-order valence-electron chi connectivity index (χ0n) is 15.5. The van der Waals surface area contributed by atoms with E-state index in [1.165, 1.54) is 11.8 Å². The summed E-state index contributed by atoms with van der Waals surface area (Å²) in [6.45, 7) is 2.15. The highest BCUT2D eigenvalue weighted by atomic mass is 32.2. The Balaban J connectivity index is 1.63. The number of thioether (sulfide) groups is 1. The lowest BCUT2D eigenvalue weighted by Crippen LogP contribution is -2.32. The highest BCUT2D eigenvalue weighted by Crippen LogP contribution is 2.25. The molecule has 3 aromatic rings. The fourth-order valence-corrected chi connectivity index (χ4v) is 3.55. The summed E-state index contributed by atoms with van der Waals surface area (Å²) in [6.07, 6.45) is 0. The molecular weight excluding hydrogens is 362 g/mol.